The minimum absolute atomic E-state index is 0.0731. The van der Waals surface area contributed by atoms with Crippen molar-refractivity contribution in [1.29, 1.82) is 0 Å². The molecule has 0 amide bonds. The number of aryl methyl sites for hydroxylation is 1. The Balaban J connectivity index is 1.60. The lowest BCUT2D eigenvalue weighted by molar-refractivity contribution is -0.145. The van der Waals surface area contributed by atoms with Crippen LogP contribution in [0, 0.1) is 17.2 Å². The molecule has 4 rings (SSSR count). The summed E-state index contributed by atoms with van der Waals surface area (Å²) in [6.07, 6.45) is 4.89. The number of hydrogen-bond donors (Lipinski definition) is 0. The van der Waals surface area contributed by atoms with Gasteiger partial charge in [-0.15, -0.1) is 0 Å². The summed E-state index contributed by atoms with van der Waals surface area (Å²) in [6.45, 7) is 9.07. The lowest BCUT2D eigenvalue weighted by Crippen LogP contribution is -2.19. The van der Waals surface area contributed by atoms with Crippen molar-refractivity contribution in [3.63, 3.8) is 0 Å². The van der Waals surface area contributed by atoms with Gasteiger partial charge in [0.1, 0.15) is 23.9 Å². The molecule has 39 heavy (non-hydrogen) atoms. The molecule has 0 fully saturated rings. The molecule has 0 N–H and O–H groups in total. The normalized spacial score (nSPS) is 15.5. The molecule has 2 unspecified atom stereocenters. The van der Waals surface area contributed by atoms with Gasteiger partial charge in [-0.2, -0.15) is 0 Å². The Bertz CT molecular complexity index is 1310. The van der Waals surface area contributed by atoms with Crippen molar-refractivity contribution in [3.8, 4) is 22.6 Å². The minimum atomic E-state index is -0.261. The summed E-state index contributed by atoms with van der Waals surface area (Å²) in [5.41, 5.74) is 6.09. The number of halogens is 1. The van der Waals surface area contributed by atoms with Gasteiger partial charge in [-0.25, -0.2) is 4.39 Å². The second-order valence-electron chi connectivity index (χ2n) is 11.5. The van der Waals surface area contributed by atoms with Crippen LogP contribution in [0.1, 0.15) is 75.1 Å². The molecule has 0 bridgehead atoms. The topological polar surface area (TPSA) is 44.8 Å². The molecule has 3 aromatic rings. The van der Waals surface area contributed by atoms with Crippen LogP contribution in [0.3, 0.4) is 0 Å². The van der Waals surface area contributed by atoms with Gasteiger partial charge in [0.2, 0.25) is 0 Å². The van der Waals surface area contributed by atoms with Crippen LogP contribution in [0.4, 0.5) is 4.39 Å². The maximum absolute atomic E-state index is 15.0. The van der Waals surface area contributed by atoms with Crippen LogP contribution in [-0.2, 0) is 29.0 Å². The van der Waals surface area contributed by atoms with E-state index in [1.807, 2.05) is 25.1 Å². The molecule has 0 aromatic heterocycles. The second kappa shape index (κ2) is 12.2. The van der Waals surface area contributed by atoms with E-state index in [0.717, 1.165) is 54.5 Å². The molecule has 0 spiro atoms. The van der Waals surface area contributed by atoms with Crippen LogP contribution in [0.15, 0.2) is 54.6 Å². The standard InChI is InChI=1S/C34H41FO4/c1-7-16-34(3,4)20-25-17-23(8-13-29(25)31-18-26(37-5)12-15-32(31)35)21-39-27-11-9-24-10-14-28(30(24)19-27)22(2)33(36)38-6/h8-9,11-13,15,17-19,22,28H,7,10,14,16,20-21H2,1-6H3. The molecule has 1 aliphatic rings. The van der Waals surface area contributed by atoms with Crippen LogP contribution in [0.5, 0.6) is 11.5 Å². The Morgan fingerprint density at radius 2 is 1.79 bits per heavy atom. The third kappa shape index (κ3) is 6.63. The summed E-state index contributed by atoms with van der Waals surface area (Å²) in [5, 5.41) is 0. The molecule has 0 saturated heterocycles. The number of rotatable bonds is 11. The summed E-state index contributed by atoms with van der Waals surface area (Å²) in [7, 11) is 3.04. The molecule has 0 heterocycles. The quantitative estimate of drug-likeness (QED) is 0.233. The zero-order chi connectivity index (χ0) is 28.2. The van der Waals surface area contributed by atoms with Gasteiger partial charge in [0.15, 0.2) is 0 Å². The van der Waals surface area contributed by atoms with Crippen molar-refractivity contribution < 1.29 is 23.4 Å². The minimum Gasteiger partial charge on any atom is -0.497 e. The summed E-state index contributed by atoms with van der Waals surface area (Å²) in [4.78, 5) is 12.2. The predicted molar refractivity (Wildman–Crippen MR) is 154 cm³/mol. The van der Waals surface area contributed by atoms with Gasteiger partial charge in [-0.3, -0.25) is 4.79 Å². The first-order valence-corrected chi connectivity index (χ1v) is 13.9. The monoisotopic (exact) mass is 532 g/mol. The third-order valence-electron chi connectivity index (χ3n) is 8.05. The Hall–Kier alpha value is -3.34. The number of carbonyl (C=O) groups is 1. The summed E-state index contributed by atoms with van der Waals surface area (Å²) in [5.74, 6) is 0.932. The molecule has 1 aliphatic carbocycles. The maximum Gasteiger partial charge on any atom is 0.308 e. The fourth-order valence-corrected chi connectivity index (χ4v) is 6.00. The van der Waals surface area contributed by atoms with Gasteiger partial charge in [-0.05, 0) is 95.2 Å². The average molecular weight is 533 g/mol. The zero-order valence-corrected chi connectivity index (χ0v) is 24.1. The third-order valence-corrected chi connectivity index (χ3v) is 8.05. The van der Waals surface area contributed by atoms with Gasteiger partial charge < -0.3 is 14.2 Å². The van der Waals surface area contributed by atoms with Crippen LogP contribution < -0.4 is 9.47 Å². The second-order valence-corrected chi connectivity index (χ2v) is 11.5. The Labute approximate surface area is 232 Å². The van der Waals surface area contributed by atoms with Crippen molar-refractivity contribution in [2.45, 2.75) is 72.3 Å². The van der Waals surface area contributed by atoms with E-state index >= 15 is 0 Å². The lowest BCUT2D eigenvalue weighted by atomic mass is 9.79. The average Bonchev–Trinajstić information content (AvgIpc) is 3.34. The molecule has 0 aliphatic heterocycles. The first kappa shape index (κ1) is 28.7. The molecule has 2 atom stereocenters. The van der Waals surface area contributed by atoms with E-state index in [0.29, 0.717) is 17.9 Å². The van der Waals surface area contributed by atoms with Gasteiger partial charge in [0, 0.05) is 5.56 Å². The first-order valence-electron chi connectivity index (χ1n) is 13.9. The van der Waals surface area contributed by atoms with Crippen molar-refractivity contribution in [1.82, 2.24) is 0 Å². The number of esters is 1. The highest BCUT2D eigenvalue weighted by Crippen LogP contribution is 2.41. The fourth-order valence-electron chi connectivity index (χ4n) is 6.00. The summed E-state index contributed by atoms with van der Waals surface area (Å²) < 4.78 is 31.6. The smallest absolute Gasteiger partial charge is 0.308 e. The lowest BCUT2D eigenvalue weighted by Gasteiger charge is -2.26. The number of benzene rings is 3. The van der Waals surface area contributed by atoms with Crippen LogP contribution >= 0.6 is 0 Å². The van der Waals surface area contributed by atoms with Gasteiger partial charge >= 0.3 is 5.97 Å². The van der Waals surface area contributed by atoms with E-state index in [9.17, 15) is 9.18 Å². The predicted octanol–water partition coefficient (Wildman–Crippen LogP) is 8.29. The molecular weight excluding hydrogens is 491 g/mol. The van der Waals surface area contributed by atoms with Crippen LogP contribution in [0.2, 0.25) is 0 Å². The molecule has 0 radical (unpaired) electrons. The molecule has 3 aromatic carbocycles. The molecular formula is C34H41FO4. The SMILES string of the molecule is CCCC(C)(C)Cc1cc(COc2ccc3c(c2)C(C(C)C(=O)OC)CC3)ccc1-c1cc(OC)ccc1F. The molecule has 5 heteroatoms. The number of hydrogen-bond acceptors (Lipinski definition) is 4. The van der Waals surface area contributed by atoms with Gasteiger partial charge in [-0.1, -0.05) is 58.4 Å². The van der Waals surface area contributed by atoms with E-state index in [4.69, 9.17) is 14.2 Å². The van der Waals surface area contributed by atoms with Crippen LogP contribution in [-0.4, -0.2) is 20.2 Å². The van der Waals surface area contributed by atoms with E-state index in [1.54, 1.807) is 19.2 Å². The Kier molecular flexibility index (Phi) is 8.99. The van der Waals surface area contributed by atoms with E-state index in [1.165, 1.54) is 24.3 Å². The highest BCUT2D eigenvalue weighted by atomic mass is 19.1. The van der Waals surface area contributed by atoms with Crippen LogP contribution in [0.25, 0.3) is 11.1 Å². The summed E-state index contributed by atoms with van der Waals surface area (Å²) >= 11 is 0. The van der Waals surface area contributed by atoms with E-state index in [-0.39, 0.29) is 29.0 Å². The summed E-state index contributed by atoms with van der Waals surface area (Å²) in [6, 6.07) is 17.3. The van der Waals surface area contributed by atoms with Crippen molar-refractivity contribution in [3.05, 3.63) is 82.7 Å². The van der Waals surface area contributed by atoms with Crippen molar-refractivity contribution in [2.24, 2.45) is 11.3 Å². The van der Waals surface area contributed by atoms with Gasteiger partial charge in [0.25, 0.3) is 0 Å². The Morgan fingerprint density at radius 3 is 2.51 bits per heavy atom. The molecule has 208 valence electrons. The first-order chi connectivity index (χ1) is 18.7. The van der Waals surface area contributed by atoms with E-state index in [2.05, 4.69) is 39.0 Å². The van der Waals surface area contributed by atoms with Gasteiger partial charge in [0.05, 0.1) is 20.1 Å². The fraction of sp³-hybridized carbons (Fsp3) is 0.441. The van der Waals surface area contributed by atoms with Crippen molar-refractivity contribution in [2.75, 3.05) is 14.2 Å². The maximum atomic E-state index is 15.0. The number of methoxy groups -OCH3 is 2. The number of carbonyl (C=O) groups excluding carboxylic acids is 1. The Morgan fingerprint density at radius 1 is 1.03 bits per heavy atom. The molecule has 0 saturated carbocycles. The van der Waals surface area contributed by atoms with E-state index < -0.39 is 0 Å². The largest absolute Gasteiger partial charge is 0.497 e. The zero-order valence-electron chi connectivity index (χ0n) is 24.1. The number of ether oxygens (including phenoxy) is 3. The highest BCUT2D eigenvalue weighted by molar-refractivity contribution is 5.73. The number of fused-ring (bicyclic) bond motifs is 1. The van der Waals surface area contributed by atoms with Crippen molar-refractivity contribution >= 4 is 5.97 Å². The highest BCUT2D eigenvalue weighted by Gasteiger charge is 2.32. The molecule has 4 nitrogen and oxygen atoms in total.